The average molecular weight is 1570 g/mol. The summed E-state index contributed by atoms with van der Waals surface area (Å²) in [6, 6.07) is 84.0. The van der Waals surface area contributed by atoms with E-state index in [1.54, 1.807) is 0 Å². The Hall–Kier alpha value is -11.3. The van der Waals surface area contributed by atoms with E-state index in [1.165, 1.54) is 245 Å². The summed E-state index contributed by atoms with van der Waals surface area (Å²) in [6.07, 6.45) is 34.2. The van der Waals surface area contributed by atoms with Gasteiger partial charge >= 0.3 is 0 Å². The SMILES string of the molecule is CCCCCCc1c2nc3ccc4nc(c(CCCCCC)c5ccc1c3c45)=c1ccc(cc1)=c1ccc(cc1)=c1nc3ccc4nc(c(CCCCCC)c5ccc(c1CCCCCC)c3c45)=c1ccc(cc1)=c1ccc(cc1)=c1nc3ccc4nc(c(CCCCCC)c5ccc(c1CCCCCC)c3c45)=c1ccc(cc1)=c1ccc=2cc1. The molecule has 36 bridgehead atoms. The molecule has 0 N–H and O–H groups in total. The van der Waals surface area contributed by atoms with Crippen LogP contribution in [-0.4, -0.2) is 29.9 Å². The van der Waals surface area contributed by atoms with Gasteiger partial charge in [-0.2, -0.15) is 0 Å². The number of unbranched alkanes of at least 4 members (excludes halogenated alkanes) is 18. The predicted molar refractivity (Wildman–Crippen MR) is 502 cm³/mol. The fraction of sp³-hybridized carbons (Fsp3) is 0.316. The van der Waals surface area contributed by atoms with Crippen LogP contribution >= 0.6 is 0 Å². The fourth-order valence-electron chi connectivity index (χ4n) is 20.6. The normalized spacial score (nSPS) is 12.2. The summed E-state index contributed by atoms with van der Waals surface area (Å²) in [5.74, 6) is 0. The zero-order valence-corrected chi connectivity index (χ0v) is 71.7. The Morgan fingerprint density at radius 1 is 0.142 bits per heavy atom. The van der Waals surface area contributed by atoms with Crippen molar-refractivity contribution in [3.8, 4) is 0 Å². The summed E-state index contributed by atoms with van der Waals surface area (Å²) in [6.45, 7) is 13.9. The van der Waals surface area contributed by atoms with Crippen molar-refractivity contribution in [2.75, 3.05) is 0 Å². The smallest absolute Gasteiger partial charge is 0.0747 e. The molecule has 47 heterocycles. The number of nitrogens with zero attached hydrogens (tertiary/aromatic N) is 6. The molecule has 0 spiro atoms. The highest BCUT2D eigenvalue weighted by Crippen LogP contribution is 2.42. The van der Waals surface area contributed by atoms with Crippen LogP contribution in [-0.2, 0) is 38.5 Å². The van der Waals surface area contributed by atoms with E-state index in [-0.39, 0.29) is 0 Å². The zero-order chi connectivity index (χ0) is 81.2. The highest BCUT2D eigenvalue weighted by atomic mass is 14.7. The molecule has 6 heteroatoms. The van der Waals surface area contributed by atoms with E-state index in [0.717, 1.165) is 174 Å². The lowest BCUT2D eigenvalue weighted by molar-refractivity contribution is 0.666. The van der Waals surface area contributed by atoms with Gasteiger partial charge in [0.2, 0.25) is 0 Å². The van der Waals surface area contributed by atoms with Crippen molar-refractivity contribution in [1.82, 2.24) is 29.9 Å². The summed E-state index contributed by atoms with van der Waals surface area (Å²) >= 11 is 0. The Kier molecular flexibility index (Phi) is 23.0. The van der Waals surface area contributed by atoms with E-state index in [2.05, 4.69) is 260 Å². The molecule has 0 saturated heterocycles. The number of pyridine rings is 6. The highest BCUT2D eigenvalue weighted by molar-refractivity contribution is 6.25. The molecular formula is C114H114N6. The molecule has 120 heavy (non-hydrogen) atoms. The van der Waals surface area contributed by atoms with Crippen LogP contribution in [0, 0.1) is 94.7 Å². The van der Waals surface area contributed by atoms with Gasteiger partial charge in [-0.15, -0.1) is 0 Å². The van der Waals surface area contributed by atoms with Crippen molar-refractivity contribution in [2.24, 2.45) is 0 Å². The molecule has 0 aliphatic carbocycles. The van der Waals surface area contributed by atoms with Gasteiger partial charge in [0.15, 0.2) is 0 Å². The van der Waals surface area contributed by atoms with Crippen molar-refractivity contribution in [3.05, 3.63) is 346 Å². The molecule has 0 amide bonds. The van der Waals surface area contributed by atoms with Gasteiger partial charge in [0.05, 0.1) is 65.2 Å². The van der Waals surface area contributed by atoms with E-state index >= 15 is 0 Å². The summed E-state index contributed by atoms with van der Waals surface area (Å²) in [5, 5.41) is 36.0. The second kappa shape index (κ2) is 35.2. The minimum atomic E-state index is 0.967. The van der Waals surface area contributed by atoms with Crippen molar-refractivity contribution >= 4 is 97.7 Å². The molecule has 6 aromatic heterocycles. The van der Waals surface area contributed by atoms with Crippen molar-refractivity contribution in [2.45, 2.75) is 234 Å². The second-order valence-corrected chi connectivity index (χ2v) is 35.0. The molecule has 0 unspecified atom stereocenters. The van der Waals surface area contributed by atoms with Crippen molar-refractivity contribution in [3.63, 3.8) is 0 Å². The summed E-state index contributed by atoms with van der Waals surface area (Å²) in [5.41, 5.74) is 14.3. The van der Waals surface area contributed by atoms with E-state index in [9.17, 15) is 0 Å². The van der Waals surface area contributed by atoms with Crippen LogP contribution < -0.4 is 0 Å². The molecule has 18 aromatic rings. The summed E-state index contributed by atoms with van der Waals surface area (Å²) < 4.78 is 0. The lowest BCUT2D eigenvalue weighted by atomic mass is 9.90. The average Bonchev–Trinajstić information content (AvgIpc) is 0.726. The summed E-state index contributed by atoms with van der Waals surface area (Å²) in [4.78, 5) is 34.6. The van der Waals surface area contributed by atoms with E-state index in [4.69, 9.17) is 29.9 Å². The van der Waals surface area contributed by atoms with Crippen LogP contribution in [0.15, 0.2) is 218 Å². The monoisotopic (exact) mass is 1570 g/mol. The highest BCUT2D eigenvalue weighted by Gasteiger charge is 2.23. The molecule has 600 valence electrons. The number of hydrogen-bond acceptors (Lipinski definition) is 6. The third-order valence-corrected chi connectivity index (χ3v) is 27.0. The first-order chi connectivity index (χ1) is 59.3. The Balaban J connectivity index is 0.860. The molecule has 59 rings (SSSR count). The van der Waals surface area contributed by atoms with Crippen LogP contribution in [0.4, 0.5) is 0 Å². The van der Waals surface area contributed by atoms with Gasteiger partial charge < -0.3 is 0 Å². The van der Waals surface area contributed by atoms with Crippen LogP contribution in [0.3, 0.4) is 0 Å². The number of aryl methyl sites for hydroxylation is 6. The molecule has 0 radical (unpaired) electrons. The van der Waals surface area contributed by atoms with Crippen LogP contribution in [0.2, 0.25) is 0 Å². The van der Waals surface area contributed by atoms with Crippen LogP contribution in [0.25, 0.3) is 97.7 Å². The Bertz CT molecular complexity index is 6580. The van der Waals surface area contributed by atoms with E-state index < -0.39 is 0 Å². The molecule has 0 atom stereocenters. The van der Waals surface area contributed by atoms with Gasteiger partial charge in [0.25, 0.3) is 0 Å². The number of aromatic nitrogens is 6. The number of hydrogen-bond donors (Lipinski definition) is 0. The first-order valence-corrected chi connectivity index (χ1v) is 46.4. The van der Waals surface area contributed by atoms with Crippen molar-refractivity contribution < 1.29 is 0 Å². The first-order valence-electron chi connectivity index (χ1n) is 46.4. The van der Waals surface area contributed by atoms with Gasteiger partial charge in [-0.3, -0.25) is 0 Å². The van der Waals surface area contributed by atoms with E-state index in [1.807, 2.05) is 0 Å². The predicted octanol–water partition coefficient (Wildman–Crippen LogP) is 29.4. The lowest BCUT2D eigenvalue weighted by Gasteiger charge is -2.17. The third kappa shape index (κ3) is 14.9. The van der Waals surface area contributed by atoms with Gasteiger partial charge in [-0.25, -0.2) is 29.9 Å². The Labute approximate surface area is 703 Å². The molecule has 0 fully saturated rings. The van der Waals surface area contributed by atoms with Gasteiger partial charge in [0.1, 0.15) is 0 Å². The van der Waals surface area contributed by atoms with Crippen LogP contribution in [0.5, 0.6) is 0 Å². The molecule has 41 aliphatic rings. The van der Waals surface area contributed by atoms with Crippen LogP contribution in [0.1, 0.15) is 229 Å². The van der Waals surface area contributed by atoms with Crippen molar-refractivity contribution in [1.29, 1.82) is 0 Å². The third-order valence-electron chi connectivity index (χ3n) is 27.0. The number of benzene rings is 12. The molecular weight excluding hydrogens is 1450 g/mol. The Morgan fingerprint density at radius 3 is 0.408 bits per heavy atom. The van der Waals surface area contributed by atoms with Gasteiger partial charge in [-0.1, -0.05) is 339 Å². The first kappa shape index (κ1) is 78.5. The topological polar surface area (TPSA) is 77.3 Å². The molecule has 41 aliphatic heterocycles. The quantitative estimate of drug-likeness (QED) is 0.0330. The second-order valence-electron chi connectivity index (χ2n) is 35.0. The van der Waals surface area contributed by atoms with E-state index in [0.29, 0.717) is 0 Å². The summed E-state index contributed by atoms with van der Waals surface area (Å²) in [7, 11) is 0. The minimum absolute atomic E-state index is 0.967. The zero-order valence-electron chi connectivity index (χ0n) is 71.7. The maximum atomic E-state index is 5.77. The molecule has 6 nitrogen and oxygen atoms in total. The largest absolute Gasteiger partial charge is 0.247 e. The van der Waals surface area contributed by atoms with Gasteiger partial charge in [-0.05, 0) is 210 Å². The minimum Gasteiger partial charge on any atom is -0.247 e. The Morgan fingerprint density at radius 2 is 0.275 bits per heavy atom. The lowest BCUT2D eigenvalue weighted by Crippen LogP contribution is -2.01. The molecule has 12 aromatic carbocycles. The van der Waals surface area contributed by atoms with Gasteiger partial charge in [0, 0.05) is 63.6 Å². The molecule has 0 saturated carbocycles. The maximum absolute atomic E-state index is 5.77. The standard InChI is InChI=1S/C114H114N6/c1-7-13-19-25-31-91-85-61-62-86-92(32-26-20-14-8-2)110-80-53-41-75(42-54-80)76-43-55-82(56-44-76)112-95(35-29-23-17-11-5)89-65-66-90-96(36-30-24-18-12-6)114(120-102-72-71-101(119-112)107(89)108(90)102)84-59-47-78(48-60-84)77-45-57-83(58-46-77)113-94(34-28-22-16-10-4)88-64-63-87-93(33-27-21-15-9-3)111(117-99-69-70-100(118-113)106(88)105(87)99)81-51-39-74(40-52-81)73-37-49-79(50-38-73)109(91)115-97-67-68-98(116-110)104(86)103(85)97/h37-72H,7-36H2,1-6H3. The maximum Gasteiger partial charge on any atom is 0.0747 e. The fourth-order valence-corrected chi connectivity index (χ4v) is 20.6. The number of rotatable bonds is 30.